The lowest BCUT2D eigenvalue weighted by Crippen LogP contribution is -2.59. The Hall–Kier alpha value is -1.52. The normalized spacial score (nSPS) is 26.9. The van der Waals surface area contributed by atoms with Gasteiger partial charge in [0.1, 0.15) is 5.54 Å². The predicted octanol–water partition coefficient (Wildman–Crippen LogP) is -0.186. The van der Waals surface area contributed by atoms with E-state index < -0.39 is 27.5 Å². The number of aromatic nitrogens is 1. The largest absolute Gasteiger partial charge is 0.322 e. The number of aryl methyl sites for hydroxylation is 1. The number of urea groups is 1. The number of hydrogen-bond acceptors (Lipinski definition) is 6. The summed E-state index contributed by atoms with van der Waals surface area (Å²) in [6.45, 7) is 2.00. The van der Waals surface area contributed by atoms with Crippen molar-refractivity contribution in [2.45, 2.75) is 29.5 Å². The molecule has 1 aromatic heterocycles. The third kappa shape index (κ3) is 2.32. The van der Waals surface area contributed by atoms with E-state index in [1.165, 1.54) is 10.5 Å². The molecule has 1 aromatic rings. The first-order valence-electron chi connectivity index (χ1n) is 6.40. The summed E-state index contributed by atoms with van der Waals surface area (Å²) in [7, 11) is -3.69. The van der Waals surface area contributed by atoms with Crippen molar-refractivity contribution in [2.75, 3.05) is 13.1 Å². The number of imide groups is 1. The molecule has 2 fully saturated rings. The Morgan fingerprint density at radius 1 is 1.43 bits per heavy atom. The van der Waals surface area contributed by atoms with Gasteiger partial charge in [-0.1, -0.05) is 0 Å². The molecule has 2 saturated heterocycles. The predicted molar refractivity (Wildman–Crippen MR) is 74.2 cm³/mol. The Bertz CT molecular complexity index is 714. The fraction of sp³-hybridized carbons (Fsp3) is 0.545. The third-order valence-corrected chi connectivity index (χ3v) is 6.86. The summed E-state index contributed by atoms with van der Waals surface area (Å²) in [5, 5.41) is 5.39. The molecular formula is C11H14N4O4S2. The van der Waals surface area contributed by atoms with Gasteiger partial charge in [0.25, 0.3) is 15.9 Å². The monoisotopic (exact) mass is 330 g/mol. The first-order valence-corrected chi connectivity index (χ1v) is 8.65. The van der Waals surface area contributed by atoms with E-state index in [1.807, 2.05) is 0 Å². The minimum atomic E-state index is -3.69. The maximum Gasteiger partial charge on any atom is 0.322 e. The molecule has 0 saturated carbocycles. The molecule has 0 aliphatic carbocycles. The van der Waals surface area contributed by atoms with E-state index in [9.17, 15) is 18.0 Å². The van der Waals surface area contributed by atoms with Gasteiger partial charge in [0, 0.05) is 13.1 Å². The highest BCUT2D eigenvalue weighted by molar-refractivity contribution is 7.91. The van der Waals surface area contributed by atoms with Gasteiger partial charge in [-0.15, -0.1) is 11.3 Å². The van der Waals surface area contributed by atoms with Crippen molar-refractivity contribution in [1.82, 2.24) is 19.9 Å². The highest BCUT2D eigenvalue weighted by atomic mass is 32.2. The molecule has 3 heterocycles. The van der Waals surface area contributed by atoms with Crippen molar-refractivity contribution in [2.24, 2.45) is 0 Å². The standard InChI is InChI=1S/C11H14N4O4S2/c1-7-12-5-8(20-7)21(18,19)15-4-2-3-11(6-15)9(16)13-10(17)14-11/h5H,2-4,6H2,1H3,(H2,13,14,16,17). The molecule has 2 aliphatic heterocycles. The molecule has 0 radical (unpaired) electrons. The van der Waals surface area contributed by atoms with Crippen LogP contribution in [0.3, 0.4) is 0 Å². The van der Waals surface area contributed by atoms with Gasteiger partial charge in [0.05, 0.1) is 11.2 Å². The van der Waals surface area contributed by atoms with Crippen molar-refractivity contribution < 1.29 is 18.0 Å². The summed E-state index contributed by atoms with van der Waals surface area (Å²) in [6.07, 6.45) is 2.26. The first-order chi connectivity index (χ1) is 9.83. The number of carbonyl (C=O) groups excluding carboxylic acids is 2. The van der Waals surface area contributed by atoms with Crippen molar-refractivity contribution in [3.8, 4) is 0 Å². The molecule has 1 atom stereocenters. The molecule has 0 aromatic carbocycles. The van der Waals surface area contributed by atoms with Crippen LogP contribution in [0.15, 0.2) is 10.4 Å². The van der Waals surface area contributed by atoms with Crippen LogP contribution in [0.25, 0.3) is 0 Å². The van der Waals surface area contributed by atoms with Gasteiger partial charge in [-0.25, -0.2) is 18.2 Å². The van der Waals surface area contributed by atoms with E-state index in [4.69, 9.17) is 0 Å². The molecule has 1 unspecified atom stereocenters. The number of thiazole rings is 1. The lowest BCUT2D eigenvalue weighted by atomic mass is 9.90. The van der Waals surface area contributed by atoms with Crippen LogP contribution in [0.2, 0.25) is 0 Å². The maximum absolute atomic E-state index is 12.6. The van der Waals surface area contributed by atoms with Crippen LogP contribution in [0, 0.1) is 6.92 Å². The Morgan fingerprint density at radius 2 is 2.19 bits per heavy atom. The van der Waals surface area contributed by atoms with Gasteiger partial charge in [-0.3, -0.25) is 10.1 Å². The highest BCUT2D eigenvalue weighted by Gasteiger charge is 2.50. The lowest BCUT2D eigenvalue weighted by Gasteiger charge is -2.36. The summed E-state index contributed by atoms with van der Waals surface area (Å²) in [6, 6.07) is -0.576. The van der Waals surface area contributed by atoms with Crippen molar-refractivity contribution >= 4 is 33.3 Å². The summed E-state index contributed by atoms with van der Waals surface area (Å²) >= 11 is 1.09. The average Bonchev–Trinajstić information content (AvgIpc) is 2.95. The number of nitrogens with zero attached hydrogens (tertiary/aromatic N) is 2. The summed E-state index contributed by atoms with van der Waals surface area (Å²) in [4.78, 5) is 27.2. The average molecular weight is 330 g/mol. The van der Waals surface area contributed by atoms with Crippen molar-refractivity contribution in [3.05, 3.63) is 11.2 Å². The second-order valence-corrected chi connectivity index (χ2v) is 8.53. The highest BCUT2D eigenvalue weighted by Crippen LogP contribution is 2.30. The van der Waals surface area contributed by atoms with Gasteiger partial charge >= 0.3 is 6.03 Å². The SMILES string of the molecule is Cc1ncc(S(=O)(=O)N2CCCC3(C2)NC(=O)NC3=O)s1. The Morgan fingerprint density at radius 3 is 2.76 bits per heavy atom. The third-order valence-electron chi connectivity index (χ3n) is 3.67. The van der Waals surface area contributed by atoms with E-state index in [1.54, 1.807) is 6.92 Å². The van der Waals surface area contributed by atoms with E-state index >= 15 is 0 Å². The van der Waals surface area contributed by atoms with Gasteiger partial charge in [0.2, 0.25) is 0 Å². The van der Waals surface area contributed by atoms with E-state index in [2.05, 4.69) is 15.6 Å². The minimum Gasteiger partial charge on any atom is -0.322 e. The molecule has 21 heavy (non-hydrogen) atoms. The second kappa shape index (κ2) is 4.75. The maximum atomic E-state index is 12.6. The number of nitrogens with one attached hydrogen (secondary N) is 2. The van der Waals surface area contributed by atoms with Crippen LogP contribution < -0.4 is 10.6 Å². The molecule has 3 rings (SSSR count). The van der Waals surface area contributed by atoms with Gasteiger partial charge < -0.3 is 5.32 Å². The van der Waals surface area contributed by atoms with Gasteiger partial charge in [0.15, 0.2) is 4.21 Å². The Labute approximate surface area is 125 Å². The zero-order valence-corrected chi connectivity index (χ0v) is 12.9. The Balaban J connectivity index is 1.90. The number of piperidine rings is 1. The summed E-state index contributed by atoms with van der Waals surface area (Å²) in [5.74, 6) is -0.465. The zero-order valence-electron chi connectivity index (χ0n) is 11.2. The number of amides is 3. The molecule has 0 bridgehead atoms. The first kappa shape index (κ1) is 14.4. The van der Waals surface area contributed by atoms with E-state index in [0.29, 0.717) is 24.4 Å². The molecular weight excluding hydrogens is 316 g/mol. The molecule has 1 spiro atoms. The van der Waals surface area contributed by atoms with E-state index in [-0.39, 0.29) is 10.8 Å². The summed E-state index contributed by atoms with van der Waals surface area (Å²) in [5.41, 5.74) is -1.15. The number of sulfonamides is 1. The minimum absolute atomic E-state index is 0.0517. The summed E-state index contributed by atoms with van der Waals surface area (Å²) < 4.78 is 26.6. The van der Waals surface area contributed by atoms with Crippen LogP contribution in [0.4, 0.5) is 4.79 Å². The van der Waals surface area contributed by atoms with Crippen LogP contribution in [-0.4, -0.2) is 48.3 Å². The zero-order chi connectivity index (χ0) is 15.3. The van der Waals surface area contributed by atoms with Crippen molar-refractivity contribution in [1.29, 1.82) is 0 Å². The molecule has 2 aliphatic rings. The van der Waals surface area contributed by atoms with Gasteiger partial charge in [-0.05, 0) is 19.8 Å². The van der Waals surface area contributed by atoms with Crippen LogP contribution in [0.1, 0.15) is 17.8 Å². The second-order valence-electron chi connectivity index (χ2n) is 5.13. The Kier molecular flexibility index (Phi) is 3.26. The smallest absolute Gasteiger partial charge is 0.322 e. The molecule has 2 N–H and O–H groups in total. The van der Waals surface area contributed by atoms with E-state index in [0.717, 1.165) is 11.3 Å². The number of hydrogen-bond donors (Lipinski definition) is 2. The fourth-order valence-corrected chi connectivity index (χ4v) is 5.43. The quantitative estimate of drug-likeness (QED) is 0.731. The topological polar surface area (TPSA) is 108 Å². The molecule has 8 nitrogen and oxygen atoms in total. The van der Waals surface area contributed by atoms with Crippen LogP contribution >= 0.6 is 11.3 Å². The lowest BCUT2D eigenvalue weighted by molar-refractivity contribution is -0.125. The van der Waals surface area contributed by atoms with Crippen LogP contribution in [-0.2, 0) is 14.8 Å². The molecule has 10 heteroatoms. The number of rotatable bonds is 2. The van der Waals surface area contributed by atoms with Gasteiger partial charge in [-0.2, -0.15) is 4.31 Å². The van der Waals surface area contributed by atoms with Crippen molar-refractivity contribution in [3.63, 3.8) is 0 Å². The number of carbonyl (C=O) groups is 2. The fourth-order valence-electron chi connectivity index (χ4n) is 2.63. The van der Waals surface area contributed by atoms with Crippen LogP contribution in [0.5, 0.6) is 0 Å². The molecule has 3 amide bonds. The molecule has 114 valence electrons.